The van der Waals surface area contributed by atoms with Crippen LogP contribution in [0.5, 0.6) is 0 Å². The van der Waals surface area contributed by atoms with Crippen LogP contribution < -0.4 is 0 Å². The molecule has 1 aliphatic rings. The van der Waals surface area contributed by atoms with Crippen LogP contribution in [-0.4, -0.2) is 23.0 Å². The molecular weight excluding hydrogens is 390 g/mol. The van der Waals surface area contributed by atoms with Gasteiger partial charge in [0.1, 0.15) is 0 Å². The predicted octanol–water partition coefficient (Wildman–Crippen LogP) is 3.69. The van der Waals surface area contributed by atoms with E-state index in [4.69, 9.17) is 0 Å². The Morgan fingerprint density at radius 2 is 1.83 bits per heavy atom. The molecule has 1 aromatic heterocycles. The van der Waals surface area contributed by atoms with Crippen LogP contribution in [0.25, 0.3) is 10.9 Å². The van der Waals surface area contributed by atoms with Crippen molar-refractivity contribution >= 4 is 42.6 Å². The maximum Gasteiger partial charge on any atom is 0.268 e. The summed E-state index contributed by atoms with van der Waals surface area (Å²) in [5, 5.41) is 0.744. The largest absolute Gasteiger partial charge is 0.293 e. The molecule has 2 aromatic carbocycles. The van der Waals surface area contributed by atoms with Crippen molar-refractivity contribution in [1.82, 2.24) is 3.97 Å². The molecule has 0 bridgehead atoms. The first-order valence-corrected chi connectivity index (χ1v) is 9.88. The first-order valence-electron chi connectivity index (χ1n) is 7.53. The molecule has 24 heavy (non-hydrogen) atoms. The standard InChI is InChI=1S/C18H14BrNO3S/c1-11-5-7-13(8-6-11)24(22,23)20-10-12-9-15(19)18(21)14-3-2-4-16(20)17(12)14/h2-8,10,15H,9H2,1H3. The van der Waals surface area contributed by atoms with E-state index in [0.29, 0.717) is 17.5 Å². The van der Waals surface area contributed by atoms with Crippen LogP contribution in [0, 0.1) is 6.92 Å². The monoisotopic (exact) mass is 403 g/mol. The smallest absolute Gasteiger partial charge is 0.268 e. The lowest BCUT2D eigenvalue weighted by atomic mass is 9.92. The highest BCUT2D eigenvalue weighted by atomic mass is 79.9. The van der Waals surface area contributed by atoms with Gasteiger partial charge in [-0.3, -0.25) is 4.79 Å². The Morgan fingerprint density at radius 1 is 1.12 bits per heavy atom. The number of carbonyl (C=O) groups is 1. The second-order valence-corrected chi connectivity index (χ2v) is 8.92. The maximum absolute atomic E-state index is 13.0. The number of carbonyl (C=O) groups excluding carboxylic acids is 1. The lowest BCUT2D eigenvalue weighted by molar-refractivity contribution is 0.0990. The number of Topliss-reactive ketones (excluding diaryl/α,β-unsaturated/α-hetero) is 1. The lowest BCUT2D eigenvalue weighted by Crippen LogP contribution is -2.21. The molecular formula is C18H14BrNO3S. The average molecular weight is 404 g/mol. The summed E-state index contributed by atoms with van der Waals surface area (Å²) in [5.74, 6) is -0.00131. The number of rotatable bonds is 2. The van der Waals surface area contributed by atoms with Gasteiger partial charge in [-0.25, -0.2) is 12.4 Å². The van der Waals surface area contributed by atoms with E-state index in [-0.39, 0.29) is 15.5 Å². The molecule has 1 unspecified atom stereocenters. The van der Waals surface area contributed by atoms with Crippen molar-refractivity contribution in [3.8, 4) is 0 Å². The average Bonchev–Trinajstić information content (AvgIpc) is 2.93. The number of aryl methyl sites for hydroxylation is 1. The fourth-order valence-corrected chi connectivity index (χ4v) is 5.15. The first kappa shape index (κ1) is 15.6. The van der Waals surface area contributed by atoms with Crippen molar-refractivity contribution in [2.24, 2.45) is 0 Å². The molecule has 0 saturated carbocycles. The number of benzene rings is 2. The van der Waals surface area contributed by atoms with E-state index < -0.39 is 10.0 Å². The zero-order chi connectivity index (χ0) is 17.1. The summed E-state index contributed by atoms with van der Waals surface area (Å²) in [4.78, 5) is 12.3. The molecule has 6 heteroatoms. The maximum atomic E-state index is 13.0. The predicted molar refractivity (Wildman–Crippen MR) is 96.5 cm³/mol. The molecule has 0 saturated heterocycles. The Balaban J connectivity index is 2.00. The minimum absolute atomic E-state index is 0.00131. The van der Waals surface area contributed by atoms with Gasteiger partial charge in [-0.1, -0.05) is 45.8 Å². The third kappa shape index (κ3) is 2.17. The van der Waals surface area contributed by atoms with Crippen LogP contribution in [0.1, 0.15) is 21.5 Å². The van der Waals surface area contributed by atoms with Crippen molar-refractivity contribution in [2.75, 3.05) is 0 Å². The van der Waals surface area contributed by atoms with Crippen LogP contribution in [-0.2, 0) is 16.4 Å². The Hall–Kier alpha value is -1.92. The van der Waals surface area contributed by atoms with E-state index >= 15 is 0 Å². The number of hydrogen-bond acceptors (Lipinski definition) is 3. The van der Waals surface area contributed by atoms with Crippen LogP contribution in [0.15, 0.2) is 53.6 Å². The molecule has 0 amide bonds. The molecule has 1 atom stereocenters. The Labute approximate surface area is 148 Å². The number of hydrogen-bond donors (Lipinski definition) is 0. The van der Waals surface area contributed by atoms with Crippen LogP contribution in [0.2, 0.25) is 0 Å². The van der Waals surface area contributed by atoms with Crippen molar-refractivity contribution < 1.29 is 13.2 Å². The highest BCUT2D eigenvalue weighted by Gasteiger charge is 2.31. The number of halogens is 1. The lowest BCUT2D eigenvalue weighted by Gasteiger charge is -2.15. The second-order valence-electron chi connectivity index (χ2n) is 6.00. The van der Waals surface area contributed by atoms with Crippen molar-refractivity contribution in [1.29, 1.82) is 0 Å². The fourth-order valence-electron chi connectivity index (χ4n) is 3.17. The third-order valence-corrected chi connectivity index (χ3v) is 6.83. The highest BCUT2D eigenvalue weighted by Crippen LogP contribution is 2.35. The van der Waals surface area contributed by atoms with Gasteiger partial charge in [0, 0.05) is 17.1 Å². The number of aromatic nitrogens is 1. The molecule has 0 N–H and O–H groups in total. The van der Waals surface area contributed by atoms with Crippen molar-refractivity contribution in [3.63, 3.8) is 0 Å². The third-order valence-electron chi connectivity index (χ3n) is 4.40. The SMILES string of the molecule is Cc1ccc(S(=O)(=O)n2cc3c4c(cccc42)C(=O)C(Br)C3)cc1. The van der Waals surface area contributed by atoms with Gasteiger partial charge in [0.25, 0.3) is 10.0 Å². The van der Waals surface area contributed by atoms with E-state index in [0.717, 1.165) is 16.5 Å². The highest BCUT2D eigenvalue weighted by molar-refractivity contribution is 9.10. The van der Waals surface area contributed by atoms with Crippen LogP contribution in [0.3, 0.4) is 0 Å². The molecule has 4 rings (SSSR count). The van der Waals surface area contributed by atoms with Gasteiger partial charge in [0.05, 0.1) is 15.2 Å². The zero-order valence-corrected chi connectivity index (χ0v) is 15.3. The van der Waals surface area contributed by atoms with Crippen molar-refractivity contribution in [2.45, 2.75) is 23.1 Å². The van der Waals surface area contributed by atoms with Gasteiger partial charge >= 0.3 is 0 Å². The normalized spacial score (nSPS) is 17.4. The van der Waals surface area contributed by atoms with E-state index in [9.17, 15) is 13.2 Å². The molecule has 1 heterocycles. The van der Waals surface area contributed by atoms with E-state index in [1.807, 2.05) is 6.92 Å². The quantitative estimate of drug-likeness (QED) is 0.613. The minimum Gasteiger partial charge on any atom is -0.293 e. The number of ketones is 1. The molecule has 0 radical (unpaired) electrons. The zero-order valence-electron chi connectivity index (χ0n) is 12.9. The van der Waals surface area contributed by atoms with Crippen LogP contribution >= 0.6 is 15.9 Å². The fraction of sp³-hybridized carbons (Fsp3) is 0.167. The van der Waals surface area contributed by atoms with Gasteiger partial charge in [0.2, 0.25) is 0 Å². The second kappa shape index (κ2) is 5.29. The molecule has 122 valence electrons. The topological polar surface area (TPSA) is 56.1 Å². The Kier molecular flexibility index (Phi) is 3.44. The van der Waals surface area contributed by atoms with Crippen LogP contribution in [0.4, 0.5) is 0 Å². The molecule has 3 aromatic rings. The summed E-state index contributed by atoms with van der Waals surface area (Å²) < 4.78 is 27.4. The molecule has 0 spiro atoms. The summed E-state index contributed by atoms with van der Waals surface area (Å²) in [6, 6.07) is 12.0. The summed E-state index contributed by atoms with van der Waals surface area (Å²) in [7, 11) is -3.71. The number of nitrogens with zero attached hydrogens (tertiary/aromatic N) is 1. The van der Waals surface area contributed by atoms with Crippen molar-refractivity contribution in [3.05, 3.63) is 65.4 Å². The van der Waals surface area contributed by atoms with Gasteiger partial charge in [-0.05, 0) is 37.1 Å². The van der Waals surface area contributed by atoms with Gasteiger partial charge < -0.3 is 0 Å². The molecule has 4 nitrogen and oxygen atoms in total. The summed E-state index contributed by atoms with van der Waals surface area (Å²) in [6.45, 7) is 1.91. The Morgan fingerprint density at radius 3 is 2.54 bits per heavy atom. The van der Waals surface area contributed by atoms with Gasteiger partial charge in [0.15, 0.2) is 5.78 Å². The number of alkyl halides is 1. The minimum atomic E-state index is -3.71. The van der Waals surface area contributed by atoms with E-state index in [2.05, 4.69) is 15.9 Å². The van der Waals surface area contributed by atoms with Gasteiger partial charge in [-0.2, -0.15) is 0 Å². The summed E-state index contributed by atoms with van der Waals surface area (Å²) in [5.41, 5.74) is 3.00. The van der Waals surface area contributed by atoms with Gasteiger partial charge in [-0.15, -0.1) is 0 Å². The molecule has 0 aliphatic heterocycles. The van der Waals surface area contributed by atoms with E-state index in [1.54, 1.807) is 48.7 Å². The molecule has 0 fully saturated rings. The molecule has 1 aliphatic carbocycles. The Bertz CT molecular complexity index is 1080. The summed E-state index contributed by atoms with van der Waals surface area (Å²) >= 11 is 3.39. The first-order chi connectivity index (χ1) is 11.4. The summed E-state index contributed by atoms with van der Waals surface area (Å²) in [6.07, 6.45) is 2.13. The van der Waals surface area contributed by atoms with E-state index in [1.165, 1.54) is 3.97 Å².